The van der Waals surface area contributed by atoms with Crippen molar-refractivity contribution in [2.75, 3.05) is 0 Å². The van der Waals surface area contributed by atoms with Crippen molar-refractivity contribution in [2.24, 2.45) is 0 Å². The zero-order valence-electron chi connectivity index (χ0n) is 20.4. The van der Waals surface area contributed by atoms with Crippen LogP contribution in [0.2, 0.25) is 0 Å². The Hall–Kier alpha value is -1.19. The summed E-state index contributed by atoms with van der Waals surface area (Å²) in [5.41, 5.74) is 11.5. The van der Waals surface area contributed by atoms with Gasteiger partial charge in [0.05, 0.1) is 8.80 Å². The maximum atomic E-state index is 2.36. The van der Waals surface area contributed by atoms with Gasteiger partial charge in [-0.15, -0.1) is 16.7 Å². The van der Waals surface area contributed by atoms with E-state index in [-0.39, 0.29) is 58.9 Å². The normalized spacial score (nSPS) is 9.94. The van der Waals surface area contributed by atoms with Crippen LogP contribution < -0.4 is 47.6 Å². The van der Waals surface area contributed by atoms with Crippen LogP contribution in [0.5, 0.6) is 0 Å². The predicted molar refractivity (Wildman–Crippen MR) is 134 cm³/mol. The van der Waals surface area contributed by atoms with Gasteiger partial charge in [-0.05, 0) is 13.8 Å². The largest absolute Gasteiger partial charge is 4.00 e. The molecule has 0 saturated heterocycles. The Kier molecular flexibility index (Phi) is 13.9. The summed E-state index contributed by atoms with van der Waals surface area (Å²) in [5.74, 6) is 0. The third-order valence-corrected chi connectivity index (χ3v) is 9.77. The van der Waals surface area contributed by atoms with Crippen LogP contribution in [-0.4, -0.2) is 8.80 Å². The number of rotatable bonds is 5. The number of benzene rings is 3. The van der Waals surface area contributed by atoms with E-state index in [1.807, 2.05) is 0 Å². The first-order chi connectivity index (χ1) is 14.5. The average Bonchev–Trinajstić information content (AvgIpc) is 2.96. The average molecular weight is 562 g/mol. The van der Waals surface area contributed by atoms with E-state index < -0.39 is 8.80 Å². The predicted octanol–water partition coefficient (Wildman–Crippen LogP) is -3.25. The van der Waals surface area contributed by atoms with Gasteiger partial charge in [0.2, 0.25) is 0 Å². The first-order valence-electron chi connectivity index (χ1n) is 10.9. The molecular formula is C29H31Cl3SiTi. The Morgan fingerprint density at radius 1 is 0.618 bits per heavy atom. The van der Waals surface area contributed by atoms with Crippen molar-refractivity contribution in [3.05, 3.63) is 112 Å². The van der Waals surface area contributed by atoms with Gasteiger partial charge in [-0.3, -0.25) is 0 Å². The zero-order chi connectivity index (χ0) is 21.3. The molecule has 0 N–H and O–H groups in total. The number of hydrogen-bond donors (Lipinski definition) is 0. The smallest absolute Gasteiger partial charge is 1.00 e. The van der Waals surface area contributed by atoms with Crippen LogP contribution in [-0.2, 0) is 27.8 Å². The first-order valence-corrected chi connectivity index (χ1v) is 12.9. The van der Waals surface area contributed by atoms with Gasteiger partial charge in [0, 0.05) is 0 Å². The van der Waals surface area contributed by atoms with Crippen molar-refractivity contribution in [1.29, 1.82) is 0 Å². The minimum absolute atomic E-state index is 0. The topological polar surface area (TPSA) is 0 Å². The van der Waals surface area contributed by atoms with Crippen LogP contribution >= 0.6 is 0 Å². The van der Waals surface area contributed by atoms with Crippen LogP contribution in [0, 0.1) is 34.6 Å². The number of hydrogen-bond acceptors (Lipinski definition) is 0. The molecule has 0 aliphatic rings. The number of aryl methyl sites for hydroxylation is 2. The molecule has 0 unspecified atom stereocenters. The fourth-order valence-corrected chi connectivity index (χ4v) is 8.03. The van der Waals surface area contributed by atoms with Gasteiger partial charge in [-0.1, -0.05) is 133 Å². The maximum absolute atomic E-state index is 2.36. The van der Waals surface area contributed by atoms with Gasteiger partial charge in [0.15, 0.2) is 0 Å². The summed E-state index contributed by atoms with van der Waals surface area (Å²) >= 11 is 0. The summed E-state index contributed by atoms with van der Waals surface area (Å²) in [6.45, 7) is 11.3. The SMILES string of the molecule is Cc1cc(C)cc(-c2c(C)c(C)c(C)[c-]2C[SiH](c2ccccc2)c2ccccc2)c1.[Cl-].[Cl-].[Cl-].[Ti+4]. The fourth-order valence-electron chi connectivity index (χ4n) is 4.88. The molecule has 4 aromatic carbocycles. The van der Waals surface area contributed by atoms with Crippen LogP contribution in [0.4, 0.5) is 0 Å². The molecule has 0 heterocycles. The molecule has 0 nitrogen and oxygen atoms in total. The van der Waals surface area contributed by atoms with Gasteiger partial charge >= 0.3 is 21.7 Å². The van der Waals surface area contributed by atoms with Crippen molar-refractivity contribution in [3.63, 3.8) is 0 Å². The summed E-state index contributed by atoms with van der Waals surface area (Å²) in [4.78, 5) is 0. The maximum Gasteiger partial charge on any atom is 4.00 e. The molecule has 0 saturated carbocycles. The second-order valence-corrected chi connectivity index (χ2v) is 11.5. The molecule has 4 aromatic rings. The van der Waals surface area contributed by atoms with E-state index >= 15 is 0 Å². The molecule has 0 fully saturated rings. The summed E-state index contributed by atoms with van der Waals surface area (Å²) in [6.07, 6.45) is 0. The van der Waals surface area contributed by atoms with Crippen LogP contribution in [0.3, 0.4) is 0 Å². The fraction of sp³-hybridized carbons (Fsp3) is 0.207. The molecule has 4 rings (SSSR count). The second-order valence-electron chi connectivity index (χ2n) is 8.68. The van der Waals surface area contributed by atoms with Gasteiger partial charge in [0.25, 0.3) is 0 Å². The molecule has 0 aliphatic carbocycles. The van der Waals surface area contributed by atoms with Crippen LogP contribution in [0.15, 0.2) is 78.9 Å². The van der Waals surface area contributed by atoms with Gasteiger partial charge < -0.3 is 37.2 Å². The first kappa shape index (κ1) is 32.8. The molecule has 176 valence electrons. The van der Waals surface area contributed by atoms with E-state index in [1.54, 1.807) is 5.56 Å². The van der Waals surface area contributed by atoms with E-state index in [4.69, 9.17) is 0 Å². The molecule has 0 spiro atoms. The molecular weight excluding hydrogens is 531 g/mol. The molecule has 0 amide bonds. The van der Waals surface area contributed by atoms with Crippen LogP contribution in [0.25, 0.3) is 11.1 Å². The Bertz CT molecular complexity index is 1110. The molecule has 0 aliphatic heterocycles. The van der Waals surface area contributed by atoms with Gasteiger partial charge in [0.1, 0.15) is 0 Å². The standard InChI is InChI=1S/C29H31Si.3ClH.Ti/c1-20-16-21(2)18-25(17-20)29-24(5)22(3)23(4)28(29)19-30(26-12-8-6-9-13-26)27-14-10-7-11-15-27;;;;/h6-18,30H,19H2,1-5H3;3*1H;/q-1;;;;+4/p-3. The second kappa shape index (κ2) is 14.4. The van der Waals surface area contributed by atoms with Crippen molar-refractivity contribution >= 4 is 19.2 Å². The van der Waals surface area contributed by atoms with Crippen molar-refractivity contribution in [3.8, 4) is 11.1 Å². The van der Waals surface area contributed by atoms with Crippen molar-refractivity contribution in [1.82, 2.24) is 0 Å². The molecule has 5 heteroatoms. The van der Waals surface area contributed by atoms with Crippen LogP contribution in [0.1, 0.15) is 33.4 Å². The summed E-state index contributed by atoms with van der Waals surface area (Å²) in [5, 5.41) is 3.04. The Labute approximate surface area is 240 Å². The monoisotopic (exact) mass is 560 g/mol. The third kappa shape index (κ3) is 6.94. The molecule has 0 aromatic heterocycles. The quantitative estimate of drug-likeness (QED) is 0.178. The molecule has 0 radical (unpaired) electrons. The van der Waals surface area contributed by atoms with Gasteiger partial charge in [-0.25, -0.2) is 0 Å². The Morgan fingerprint density at radius 3 is 1.50 bits per heavy atom. The third-order valence-electron chi connectivity index (χ3n) is 6.58. The zero-order valence-corrected chi connectivity index (χ0v) is 25.4. The van der Waals surface area contributed by atoms with Crippen molar-refractivity contribution < 1.29 is 58.9 Å². The Balaban J connectivity index is 0.00000272. The van der Waals surface area contributed by atoms with E-state index in [2.05, 4.69) is 113 Å². The van der Waals surface area contributed by atoms with E-state index in [0.29, 0.717) is 0 Å². The minimum Gasteiger partial charge on any atom is -1.00 e. The van der Waals surface area contributed by atoms with Gasteiger partial charge in [-0.2, -0.15) is 11.1 Å². The van der Waals surface area contributed by atoms with E-state index in [1.165, 1.54) is 49.3 Å². The minimum atomic E-state index is -1.39. The summed E-state index contributed by atoms with van der Waals surface area (Å²) in [7, 11) is -1.39. The number of halogens is 3. The van der Waals surface area contributed by atoms with E-state index in [9.17, 15) is 0 Å². The Morgan fingerprint density at radius 2 is 1.06 bits per heavy atom. The molecule has 0 atom stereocenters. The van der Waals surface area contributed by atoms with Crippen molar-refractivity contribution in [2.45, 2.75) is 40.7 Å². The summed E-state index contributed by atoms with van der Waals surface area (Å²) in [6, 6.07) is 30.5. The molecule has 34 heavy (non-hydrogen) atoms. The molecule has 0 bridgehead atoms. The van der Waals surface area contributed by atoms with E-state index in [0.717, 1.165) is 6.04 Å². The summed E-state index contributed by atoms with van der Waals surface area (Å²) < 4.78 is 0.